The SMILES string of the molecule is COc1ccc(/C=C/CN2CCc3nnc([C@@H](CC(C)C)NC(C)=O)n3CC2)cc1. The molecule has 0 aliphatic carbocycles. The Morgan fingerprint density at radius 3 is 2.63 bits per heavy atom. The van der Waals surface area contributed by atoms with Gasteiger partial charge in [-0.3, -0.25) is 9.69 Å². The molecule has 1 aromatic carbocycles. The molecule has 1 atom stereocenters. The van der Waals surface area contributed by atoms with Crippen molar-refractivity contribution in [3.63, 3.8) is 0 Å². The lowest BCUT2D eigenvalue weighted by molar-refractivity contribution is -0.119. The lowest BCUT2D eigenvalue weighted by Crippen LogP contribution is -2.31. The Labute approximate surface area is 179 Å². The molecular weight excluding hydrogens is 378 g/mol. The van der Waals surface area contributed by atoms with Crippen LogP contribution in [0.25, 0.3) is 6.08 Å². The predicted octanol–water partition coefficient (Wildman–Crippen LogP) is 3.08. The topological polar surface area (TPSA) is 72.3 Å². The third kappa shape index (κ3) is 5.92. The van der Waals surface area contributed by atoms with Crippen molar-refractivity contribution in [1.82, 2.24) is 25.0 Å². The molecule has 1 aromatic heterocycles. The minimum atomic E-state index is -0.0923. The minimum Gasteiger partial charge on any atom is -0.497 e. The molecule has 2 aromatic rings. The number of nitrogens with zero attached hydrogens (tertiary/aromatic N) is 4. The summed E-state index contributed by atoms with van der Waals surface area (Å²) in [6, 6.07) is 7.97. The van der Waals surface area contributed by atoms with E-state index in [0.717, 1.165) is 62.0 Å². The monoisotopic (exact) mass is 411 g/mol. The summed E-state index contributed by atoms with van der Waals surface area (Å²) in [6.45, 7) is 9.48. The number of fused-ring (bicyclic) bond motifs is 1. The van der Waals surface area contributed by atoms with E-state index in [1.165, 1.54) is 0 Å². The van der Waals surface area contributed by atoms with Gasteiger partial charge < -0.3 is 14.6 Å². The van der Waals surface area contributed by atoms with Crippen molar-refractivity contribution in [2.45, 2.75) is 46.2 Å². The van der Waals surface area contributed by atoms with Crippen molar-refractivity contribution >= 4 is 12.0 Å². The van der Waals surface area contributed by atoms with Gasteiger partial charge in [-0.1, -0.05) is 38.1 Å². The number of methoxy groups -OCH3 is 1. The van der Waals surface area contributed by atoms with Crippen LogP contribution in [-0.2, 0) is 17.8 Å². The molecule has 1 aliphatic rings. The number of benzene rings is 1. The second-order valence-corrected chi connectivity index (χ2v) is 8.23. The average Bonchev–Trinajstić information content (AvgIpc) is 3.01. The Bertz CT molecular complexity index is 857. The van der Waals surface area contributed by atoms with Crippen molar-refractivity contribution < 1.29 is 9.53 Å². The first-order chi connectivity index (χ1) is 14.5. The fraction of sp³-hybridized carbons (Fsp3) is 0.522. The highest BCUT2D eigenvalue weighted by atomic mass is 16.5. The molecule has 1 amide bonds. The maximum absolute atomic E-state index is 11.7. The molecule has 0 fully saturated rings. The lowest BCUT2D eigenvalue weighted by Gasteiger charge is -2.21. The Morgan fingerprint density at radius 2 is 1.97 bits per heavy atom. The fourth-order valence-corrected chi connectivity index (χ4v) is 3.83. The van der Waals surface area contributed by atoms with E-state index in [4.69, 9.17) is 4.74 Å². The van der Waals surface area contributed by atoms with Gasteiger partial charge in [-0.25, -0.2) is 0 Å². The highest BCUT2D eigenvalue weighted by molar-refractivity contribution is 5.73. The number of carbonyl (C=O) groups is 1. The minimum absolute atomic E-state index is 0.0306. The molecule has 30 heavy (non-hydrogen) atoms. The van der Waals surface area contributed by atoms with Gasteiger partial charge in [-0.15, -0.1) is 10.2 Å². The average molecular weight is 412 g/mol. The van der Waals surface area contributed by atoms with Crippen molar-refractivity contribution in [3.8, 4) is 5.75 Å². The summed E-state index contributed by atoms with van der Waals surface area (Å²) in [6.07, 6.45) is 6.06. The van der Waals surface area contributed by atoms with Crippen molar-refractivity contribution in [2.75, 3.05) is 26.7 Å². The van der Waals surface area contributed by atoms with Crippen LogP contribution in [0.4, 0.5) is 0 Å². The molecule has 0 spiro atoms. The van der Waals surface area contributed by atoms with Gasteiger partial charge in [-0.2, -0.15) is 0 Å². The van der Waals surface area contributed by atoms with E-state index < -0.39 is 0 Å². The molecule has 162 valence electrons. The Kier molecular flexibility index (Phi) is 7.63. The van der Waals surface area contributed by atoms with Gasteiger partial charge >= 0.3 is 0 Å². The van der Waals surface area contributed by atoms with Gasteiger partial charge in [0.05, 0.1) is 13.2 Å². The van der Waals surface area contributed by atoms with E-state index in [1.54, 1.807) is 14.0 Å². The maximum Gasteiger partial charge on any atom is 0.217 e. The van der Waals surface area contributed by atoms with Crippen molar-refractivity contribution in [1.29, 1.82) is 0 Å². The van der Waals surface area contributed by atoms with E-state index in [2.05, 4.69) is 63.1 Å². The summed E-state index contributed by atoms with van der Waals surface area (Å²) < 4.78 is 7.41. The predicted molar refractivity (Wildman–Crippen MR) is 118 cm³/mol. The first-order valence-electron chi connectivity index (χ1n) is 10.7. The van der Waals surface area contributed by atoms with Crippen LogP contribution in [0.3, 0.4) is 0 Å². The van der Waals surface area contributed by atoms with Gasteiger partial charge in [0, 0.05) is 39.5 Å². The molecular formula is C23H33N5O2. The van der Waals surface area contributed by atoms with Crippen molar-refractivity contribution in [3.05, 3.63) is 47.6 Å². The van der Waals surface area contributed by atoms with Crippen LogP contribution >= 0.6 is 0 Å². The summed E-state index contributed by atoms with van der Waals surface area (Å²) in [5.41, 5.74) is 1.16. The summed E-state index contributed by atoms with van der Waals surface area (Å²) in [4.78, 5) is 14.1. The molecule has 7 nitrogen and oxygen atoms in total. The molecule has 0 bridgehead atoms. The van der Waals surface area contributed by atoms with E-state index >= 15 is 0 Å². The smallest absolute Gasteiger partial charge is 0.217 e. The number of amides is 1. The number of hydrogen-bond acceptors (Lipinski definition) is 5. The standard InChI is InChI=1S/C23H33N5O2/c1-17(2)16-21(24-18(3)29)23-26-25-22-11-13-27(14-15-28(22)23)12-5-6-19-7-9-20(30-4)10-8-19/h5-10,17,21H,11-16H2,1-4H3,(H,24,29)/b6-5+/t21-/m1/s1. The summed E-state index contributed by atoms with van der Waals surface area (Å²) in [5, 5.41) is 11.9. The molecule has 2 heterocycles. The highest BCUT2D eigenvalue weighted by Crippen LogP contribution is 2.22. The zero-order chi connectivity index (χ0) is 21.5. The number of ether oxygens (including phenoxy) is 1. The second kappa shape index (κ2) is 10.4. The molecule has 7 heteroatoms. The van der Waals surface area contributed by atoms with Gasteiger partial charge in [0.2, 0.25) is 5.91 Å². The van der Waals surface area contributed by atoms with E-state index in [9.17, 15) is 4.79 Å². The number of aromatic nitrogens is 3. The summed E-state index contributed by atoms with van der Waals surface area (Å²) in [5.74, 6) is 3.18. The number of carbonyl (C=O) groups excluding carboxylic acids is 1. The van der Waals surface area contributed by atoms with Gasteiger partial charge in [-0.05, 0) is 30.0 Å². The third-order valence-electron chi connectivity index (χ3n) is 5.33. The fourth-order valence-electron chi connectivity index (χ4n) is 3.83. The number of hydrogen-bond donors (Lipinski definition) is 1. The van der Waals surface area contributed by atoms with Crippen LogP contribution in [-0.4, -0.2) is 52.3 Å². The Morgan fingerprint density at radius 1 is 1.20 bits per heavy atom. The van der Waals surface area contributed by atoms with Gasteiger partial charge in [0.1, 0.15) is 11.6 Å². The van der Waals surface area contributed by atoms with Crippen LogP contribution in [0.1, 0.15) is 50.4 Å². The van der Waals surface area contributed by atoms with Gasteiger partial charge in [0.25, 0.3) is 0 Å². The first kappa shape index (κ1) is 22.0. The highest BCUT2D eigenvalue weighted by Gasteiger charge is 2.25. The van der Waals surface area contributed by atoms with E-state index in [0.29, 0.717) is 5.92 Å². The lowest BCUT2D eigenvalue weighted by atomic mass is 10.0. The Balaban J connectivity index is 1.62. The zero-order valence-corrected chi connectivity index (χ0v) is 18.5. The summed E-state index contributed by atoms with van der Waals surface area (Å²) in [7, 11) is 1.68. The maximum atomic E-state index is 11.7. The first-order valence-corrected chi connectivity index (χ1v) is 10.7. The molecule has 0 saturated carbocycles. The largest absolute Gasteiger partial charge is 0.497 e. The summed E-state index contributed by atoms with van der Waals surface area (Å²) >= 11 is 0. The van der Waals surface area contributed by atoms with E-state index in [-0.39, 0.29) is 11.9 Å². The van der Waals surface area contributed by atoms with Crippen LogP contribution in [0.2, 0.25) is 0 Å². The van der Waals surface area contributed by atoms with Crippen LogP contribution < -0.4 is 10.1 Å². The van der Waals surface area contributed by atoms with Crippen LogP contribution in [0, 0.1) is 5.92 Å². The van der Waals surface area contributed by atoms with E-state index in [1.807, 2.05) is 12.1 Å². The number of nitrogens with one attached hydrogen (secondary N) is 1. The van der Waals surface area contributed by atoms with Crippen molar-refractivity contribution in [2.24, 2.45) is 5.92 Å². The third-order valence-corrected chi connectivity index (χ3v) is 5.33. The second-order valence-electron chi connectivity index (χ2n) is 8.23. The number of rotatable bonds is 8. The molecule has 0 saturated heterocycles. The molecule has 3 rings (SSSR count). The molecule has 1 N–H and O–H groups in total. The van der Waals surface area contributed by atoms with Crippen LogP contribution in [0.5, 0.6) is 5.75 Å². The van der Waals surface area contributed by atoms with Gasteiger partial charge in [0.15, 0.2) is 5.82 Å². The normalized spacial score (nSPS) is 15.8. The van der Waals surface area contributed by atoms with Crippen LogP contribution in [0.15, 0.2) is 30.3 Å². The zero-order valence-electron chi connectivity index (χ0n) is 18.5. The molecule has 0 radical (unpaired) electrons. The quantitative estimate of drug-likeness (QED) is 0.723. The molecule has 0 unspecified atom stereocenters. The molecule has 1 aliphatic heterocycles. The Hall–Kier alpha value is -2.67.